The lowest BCUT2D eigenvalue weighted by atomic mass is 10.6. The third kappa shape index (κ3) is 3.04. The van der Waals surface area contributed by atoms with Gasteiger partial charge in [0.15, 0.2) is 15.3 Å². The first kappa shape index (κ1) is 11.2. The zero-order valence-electron chi connectivity index (χ0n) is 7.11. The molecule has 0 aromatic heterocycles. The highest BCUT2D eigenvalue weighted by molar-refractivity contribution is 7.91. The summed E-state index contributed by atoms with van der Waals surface area (Å²) in [7, 11) is -3.29. The molecule has 0 fully saturated rings. The Morgan fingerprint density at radius 2 is 2.17 bits per heavy atom. The summed E-state index contributed by atoms with van der Waals surface area (Å²) in [5.41, 5.74) is -1.09. The normalized spacial score (nSPS) is 13.5. The molecule has 0 aromatic rings. The summed E-state index contributed by atoms with van der Waals surface area (Å²) in [6, 6.07) is 0. The quantitative estimate of drug-likeness (QED) is 0.480. The molecular formula is C7H12O4S. The molecule has 0 saturated heterocycles. The Labute approximate surface area is 72.1 Å². The second-order valence-electron chi connectivity index (χ2n) is 2.16. The van der Waals surface area contributed by atoms with Gasteiger partial charge in [-0.2, -0.15) is 0 Å². The van der Waals surface area contributed by atoms with Gasteiger partial charge in [-0.05, 0) is 6.92 Å². The number of ether oxygens (including phenoxy) is 1. The van der Waals surface area contributed by atoms with Crippen molar-refractivity contribution in [2.24, 2.45) is 0 Å². The second kappa shape index (κ2) is 4.25. The highest BCUT2D eigenvalue weighted by Crippen LogP contribution is 2.03. The summed E-state index contributed by atoms with van der Waals surface area (Å²) in [6.45, 7) is 5.97. The van der Waals surface area contributed by atoms with E-state index in [-0.39, 0.29) is 5.75 Å². The van der Waals surface area contributed by atoms with Crippen molar-refractivity contribution in [1.29, 1.82) is 0 Å². The van der Waals surface area contributed by atoms with Gasteiger partial charge in [0.05, 0.1) is 5.75 Å². The van der Waals surface area contributed by atoms with Gasteiger partial charge >= 0.3 is 5.97 Å². The number of carbonyl (C=O) groups excluding carboxylic acids is 1. The molecule has 0 amide bonds. The topological polar surface area (TPSA) is 60.4 Å². The summed E-state index contributed by atoms with van der Waals surface area (Å²) in [6.07, 6.45) is 0.932. The molecule has 0 saturated carbocycles. The Morgan fingerprint density at radius 3 is 2.50 bits per heavy atom. The third-order valence-corrected chi connectivity index (χ3v) is 3.27. The average Bonchev–Trinajstić information content (AvgIpc) is 2.04. The Balaban J connectivity index is 4.32. The van der Waals surface area contributed by atoms with Gasteiger partial charge in [-0.25, -0.2) is 13.2 Å². The molecule has 0 aliphatic heterocycles. The van der Waals surface area contributed by atoms with Gasteiger partial charge in [0.1, 0.15) is 0 Å². The van der Waals surface area contributed by atoms with Crippen LogP contribution in [-0.2, 0) is 19.4 Å². The molecule has 4 nitrogen and oxygen atoms in total. The average molecular weight is 192 g/mol. The number of sulfone groups is 1. The Hall–Kier alpha value is -0.840. The Bertz CT molecular complexity index is 265. The van der Waals surface area contributed by atoms with Crippen molar-refractivity contribution >= 4 is 15.8 Å². The van der Waals surface area contributed by atoms with E-state index in [1.54, 1.807) is 0 Å². The third-order valence-electron chi connectivity index (χ3n) is 1.36. The number of esters is 1. The predicted octanol–water partition coefficient (Wildman–Crippen LogP) is 0.496. The zero-order valence-corrected chi connectivity index (χ0v) is 7.93. The number of hydrogen-bond acceptors (Lipinski definition) is 4. The molecule has 5 heteroatoms. The van der Waals surface area contributed by atoms with Crippen LogP contribution in [0.2, 0.25) is 0 Å². The molecule has 70 valence electrons. The first-order chi connectivity index (χ1) is 5.44. The second-order valence-corrected chi connectivity index (χ2v) is 4.73. The van der Waals surface area contributed by atoms with E-state index in [0.717, 1.165) is 6.08 Å². The van der Waals surface area contributed by atoms with Crippen LogP contribution in [0, 0.1) is 0 Å². The first-order valence-corrected chi connectivity index (χ1v) is 5.20. The van der Waals surface area contributed by atoms with Gasteiger partial charge in [-0.15, -0.1) is 0 Å². The van der Waals surface area contributed by atoms with Crippen LogP contribution < -0.4 is 0 Å². The zero-order chi connectivity index (χ0) is 9.78. The fourth-order valence-electron chi connectivity index (χ4n) is 0.520. The molecule has 0 spiro atoms. The van der Waals surface area contributed by atoms with Crippen LogP contribution in [0.3, 0.4) is 0 Å². The van der Waals surface area contributed by atoms with Gasteiger partial charge in [0.2, 0.25) is 0 Å². The molecular weight excluding hydrogens is 180 g/mol. The maximum Gasteiger partial charge on any atom is 0.331 e. The molecule has 0 rings (SSSR count). The molecule has 1 atom stereocenters. The summed E-state index contributed by atoms with van der Waals surface area (Å²) < 4.78 is 26.6. The molecule has 0 aliphatic carbocycles. The van der Waals surface area contributed by atoms with E-state index in [4.69, 9.17) is 0 Å². The lowest BCUT2D eigenvalue weighted by Gasteiger charge is -2.10. The van der Waals surface area contributed by atoms with Crippen LogP contribution >= 0.6 is 0 Å². The predicted molar refractivity (Wildman–Crippen MR) is 45.2 cm³/mol. The molecule has 0 heterocycles. The monoisotopic (exact) mass is 192 g/mol. The molecule has 12 heavy (non-hydrogen) atoms. The fraction of sp³-hybridized carbons (Fsp3) is 0.571. The lowest BCUT2D eigenvalue weighted by molar-refractivity contribution is -0.138. The van der Waals surface area contributed by atoms with E-state index in [9.17, 15) is 13.2 Å². The van der Waals surface area contributed by atoms with Gasteiger partial charge in [0.25, 0.3) is 0 Å². The minimum Gasteiger partial charge on any atom is -0.443 e. The van der Waals surface area contributed by atoms with E-state index in [1.807, 2.05) is 0 Å². The summed E-state index contributed by atoms with van der Waals surface area (Å²) in [5.74, 6) is -0.766. The highest BCUT2D eigenvalue weighted by Gasteiger charge is 2.21. The molecule has 0 aromatic carbocycles. The minimum atomic E-state index is -3.29. The highest BCUT2D eigenvalue weighted by atomic mass is 32.2. The van der Waals surface area contributed by atoms with Crippen LogP contribution in [-0.4, -0.2) is 25.6 Å². The van der Waals surface area contributed by atoms with Crippen LogP contribution in [0.15, 0.2) is 12.7 Å². The first-order valence-electron chi connectivity index (χ1n) is 3.48. The van der Waals surface area contributed by atoms with E-state index in [2.05, 4.69) is 11.3 Å². The standard InChI is InChI=1S/C7H12O4S/c1-4-7(8)11-6(3)12(9,10)5-2/h4,6H,1,5H2,2-3H3. The minimum absolute atomic E-state index is 0.0431. The Kier molecular flexibility index (Phi) is 3.95. The van der Waals surface area contributed by atoms with Gasteiger partial charge in [-0.1, -0.05) is 13.5 Å². The van der Waals surface area contributed by atoms with E-state index in [0.29, 0.717) is 0 Å². The number of rotatable bonds is 4. The Morgan fingerprint density at radius 1 is 1.67 bits per heavy atom. The largest absolute Gasteiger partial charge is 0.443 e. The summed E-state index contributed by atoms with van der Waals surface area (Å²) in [4.78, 5) is 10.6. The van der Waals surface area contributed by atoms with Gasteiger partial charge in [-0.3, -0.25) is 0 Å². The molecule has 0 radical (unpaired) electrons. The van der Waals surface area contributed by atoms with Crippen LogP contribution in [0.1, 0.15) is 13.8 Å². The maximum absolute atomic E-state index is 11.0. The van der Waals surface area contributed by atoms with Crippen LogP contribution in [0.4, 0.5) is 0 Å². The van der Waals surface area contributed by atoms with Crippen molar-refractivity contribution in [3.05, 3.63) is 12.7 Å². The maximum atomic E-state index is 11.0. The SMILES string of the molecule is C=CC(=O)OC(C)S(=O)(=O)CC. The number of carbonyl (C=O) groups is 1. The molecule has 0 aliphatic rings. The molecule has 0 bridgehead atoms. The summed E-state index contributed by atoms with van der Waals surface area (Å²) >= 11 is 0. The van der Waals surface area contributed by atoms with E-state index in [1.165, 1.54) is 13.8 Å². The summed E-state index contributed by atoms with van der Waals surface area (Å²) in [5, 5.41) is 0. The lowest BCUT2D eigenvalue weighted by Crippen LogP contribution is -2.25. The van der Waals surface area contributed by atoms with Crippen molar-refractivity contribution < 1.29 is 17.9 Å². The van der Waals surface area contributed by atoms with E-state index >= 15 is 0 Å². The fourth-order valence-corrected chi connectivity index (χ4v) is 1.23. The van der Waals surface area contributed by atoms with Crippen molar-refractivity contribution in [3.8, 4) is 0 Å². The van der Waals surface area contributed by atoms with Gasteiger partial charge < -0.3 is 4.74 Å². The van der Waals surface area contributed by atoms with Crippen molar-refractivity contribution in [3.63, 3.8) is 0 Å². The number of hydrogen-bond donors (Lipinski definition) is 0. The van der Waals surface area contributed by atoms with Crippen LogP contribution in [0.5, 0.6) is 0 Å². The molecule has 0 N–H and O–H groups in total. The van der Waals surface area contributed by atoms with Crippen molar-refractivity contribution in [2.75, 3.05) is 5.75 Å². The smallest absolute Gasteiger partial charge is 0.331 e. The van der Waals surface area contributed by atoms with Gasteiger partial charge in [0, 0.05) is 6.08 Å². The van der Waals surface area contributed by atoms with Crippen molar-refractivity contribution in [1.82, 2.24) is 0 Å². The van der Waals surface area contributed by atoms with Crippen LogP contribution in [0.25, 0.3) is 0 Å². The van der Waals surface area contributed by atoms with E-state index < -0.39 is 21.2 Å². The van der Waals surface area contributed by atoms with Crippen molar-refractivity contribution in [2.45, 2.75) is 19.3 Å². The molecule has 1 unspecified atom stereocenters.